The summed E-state index contributed by atoms with van der Waals surface area (Å²) in [5.41, 5.74) is -0.193. The molecule has 0 radical (unpaired) electrons. The average molecular weight is 367 g/mol. The summed E-state index contributed by atoms with van der Waals surface area (Å²) in [6, 6.07) is 9.21. The number of anilines is 1. The normalized spacial score (nSPS) is 13.3. The lowest BCUT2D eigenvalue weighted by atomic mass is 9.99. The van der Waals surface area contributed by atoms with E-state index in [0.29, 0.717) is 23.1 Å². The van der Waals surface area contributed by atoms with Gasteiger partial charge in [0.1, 0.15) is 6.29 Å². The quantitative estimate of drug-likeness (QED) is 0.595. The zero-order valence-electron chi connectivity index (χ0n) is 14.6. The first-order valence-corrected chi connectivity index (χ1v) is 7.89. The van der Waals surface area contributed by atoms with Crippen LogP contribution in [-0.2, 0) is 10.9 Å². The minimum absolute atomic E-state index is 0.258. The molecule has 7 heteroatoms. The summed E-state index contributed by atoms with van der Waals surface area (Å²) in [6.07, 6.45) is -5.26. The summed E-state index contributed by atoms with van der Waals surface area (Å²) in [6.45, 7) is 5.25. The Bertz CT molecular complexity index is 782. The minimum Gasteiger partial charge on any atom is -0.351 e. The third kappa shape index (κ3) is 5.31. The molecule has 140 valence electrons. The first-order valence-electron chi connectivity index (χ1n) is 7.89. The second kappa shape index (κ2) is 7.47. The van der Waals surface area contributed by atoms with Gasteiger partial charge in [0.05, 0.1) is 11.2 Å². The molecular formula is C19H20F3NO3. The molecule has 0 heterocycles. The maximum absolute atomic E-state index is 13.0. The number of carbonyl (C=O) groups excluding carboxylic acids is 1. The second-order valence-electron chi connectivity index (χ2n) is 6.73. The number of aldehydes is 1. The van der Waals surface area contributed by atoms with Crippen molar-refractivity contribution in [1.29, 1.82) is 0 Å². The van der Waals surface area contributed by atoms with E-state index in [9.17, 15) is 23.1 Å². The summed E-state index contributed by atoms with van der Waals surface area (Å²) in [7, 11) is 0. The topological polar surface area (TPSA) is 58.6 Å². The van der Waals surface area contributed by atoms with Gasteiger partial charge in [0.15, 0.2) is 0 Å². The van der Waals surface area contributed by atoms with Crippen LogP contribution in [0.3, 0.4) is 0 Å². The lowest BCUT2D eigenvalue weighted by Crippen LogP contribution is -2.32. The van der Waals surface area contributed by atoms with Gasteiger partial charge in [-0.3, -0.25) is 4.79 Å². The Hall–Kier alpha value is -2.38. The number of carbonyl (C=O) groups is 1. The Morgan fingerprint density at radius 3 is 2.38 bits per heavy atom. The number of halogens is 3. The zero-order chi connectivity index (χ0) is 19.5. The standard InChI is InChI=1S/C19H20F3NO3/c1-18(2,3)26-17(25)23-16-8-7-12(11-24)9-15(16)13-5-4-6-14(10-13)19(20,21)22/h4-11,17,23,25H,1-3H3. The van der Waals surface area contributed by atoms with Crippen molar-refractivity contribution in [1.82, 2.24) is 0 Å². The molecule has 0 aliphatic heterocycles. The lowest BCUT2D eigenvalue weighted by Gasteiger charge is -2.26. The number of ether oxygens (including phenoxy) is 1. The van der Waals surface area contributed by atoms with Gasteiger partial charge in [-0.25, -0.2) is 0 Å². The molecule has 0 saturated carbocycles. The van der Waals surface area contributed by atoms with Crippen LogP contribution in [0.1, 0.15) is 36.7 Å². The van der Waals surface area contributed by atoms with Gasteiger partial charge in [-0.1, -0.05) is 12.1 Å². The molecule has 2 rings (SSSR count). The first kappa shape index (κ1) is 19.9. The smallest absolute Gasteiger partial charge is 0.351 e. The van der Waals surface area contributed by atoms with E-state index < -0.39 is 23.8 Å². The van der Waals surface area contributed by atoms with E-state index in [4.69, 9.17) is 4.74 Å². The molecule has 0 aliphatic carbocycles. The van der Waals surface area contributed by atoms with Crippen LogP contribution in [0.4, 0.5) is 18.9 Å². The molecule has 2 aromatic carbocycles. The molecule has 1 atom stereocenters. The van der Waals surface area contributed by atoms with Crippen LogP contribution in [0, 0.1) is 0 Å². The highest BCUT2D eigenvalue weighted by Crippen LogP contribution is 2.35. The third-order valence-corrected chi connectivity index (χ3v) is 3.42. The van der Waals surface area contributed by atoms with E-state index >= 15 is 0 Å². The SMILES string of the molecule is CC(C)(C)OC(O)Nc1ccc(C=O)cc1-c1cccc(C(F)(F)F)c1. The Morgan fingerprint density at radius 1 is 1.12 bits per heavy atom. The van der Waals surface area contributed by atoms with E-state index in [1.54, 1.807) is 20.8 Å². The van der Waals surface area contributed by atoms with Crippen LogP contribution in [0.25, 0.3) is 11.1 Å². The van der Waals surface area contributed by atoms with Crippen LogP contribution in [0.5, 0.6) is 0 Å². The maximum atomic E-state index is 13.0. The van der Waals surface area contributed by atoms with Crippen LogP contribution < -0.4 is 5.32 Å². The summed E-state index contributed by atoms with van der Waals surface area (Å²) in [4.78, 5) is 11.1. The summed E-state index contributed by atoms with van der Waals surface area (Å²) >= 11 is 0. The highest BCUT2D eigenvalue weighted by molar-refractivity contribution is 5.85. The number of nitrogens with one attached hydrogen (secondary N) is 1. The van der Waals surface area contributed by atoms with Gasteiger partial charge in [0.25, 0.3) is 0 Å². The number of aliphatic hydroxyl groups is 1. The number of hydrogen-bond donors (Lipinski definition) is 2. The summed E-state index contributed by atoms with van der Waals surface area (Å²) in [5.74, 6) is 0. The van der Waals surface area contributed by atoms with Crippen molar-refractivity contribution < 1.29 is 27.8 Å². The molecule has 0 amide bonds. The van der Waals surface area contributed by atoms with Gasteiger partial charge in [-0.05, 0) is 56.7 Å². The molecule has 0 bridgehead atoms. The van der Waals surface area contributed by atoms with Gasteiger partial charge in [0.2, 0.25) is 6.41 Å². The van der Waals surface area contributed by atoms with Gasteiger partial charge in [-0.15, -0.1) is 0 Å². The molecule has 0 aromatic heterocycles. The predicted octanol–water partition coefficient (Wildman–Crippen LogP) is 4.69. The fourth-order valence-corrected chi connectivity index (χ4v) is 2.36. The maximum Gasteiger partial charge on any atom is 0.416 e. The molecule has 1 unspecified atom stereocenters. The summed E-state index contributed by atoms with van der Waals surface area (Å²) in [5, 5.41) is 12.7. The number of aliphatic hydroxyl groups excluding tert-OH is 1. The highest BCUT2D eigenvalue weighted by Gasteiger charge is 2.30. The van der Waals surface area contributed by atoms with Crippen LogP contribution in [-0.4, -0.2) is 23.4 Å². The second-order valence-corrected chi connectivity index (χ2v) is 6.73. The zero-order valence-corrected chi connectivity index (χ0v) is 14.6. The van der Waals surface area contributed by atoms with Crippen LogP contribution in [0.15, 0.2) is 42.5 Å². The Kier molecular flexibility index (Phi) is 5.73. The van der Waals surface area contributed by atoms with E-state index in [2.05, 4.69) is 5.32 Å². The van der Waals surface area contributed by atoms with Gasteiger partial charge < -0.3 is 15.2 Å². The Balaban J connectivity index is 2.45. The number of rotatable bonds is 5. The largest absolute Gasteiger partial charge is 0.416 e. The van der Waals surface area contributed by atoms with Gasteiger partial charge in [-0.2, -0.15) is 13.2 Å². The molecule has 4 nitrogen and oxygen atoms in total. The number of alkyl halides is 3. The van der Waals surface area contributed by atoms with Gasteiger partial charge >= 0.3 is 6.18 Å². The monoisotopic (exact) mass is 367 g/mol. The Labute approximate surface area is 149 Å². The van der Waals surface area contributed by atoms with Crippen LogP contribution in [0.2, 0.25) is 0 Å². The van der Waals surface area contributed by atoms with Crippen molar-refractivity contribution in [2.45, 2.75) is 39.0 Å². The van der Waals surface area contributed by atoms with E-state index in [-0.39, 0.29) is 5.56 Å². The van der Waals surface area contributed by atoms with Crippen molar-refractivity contribution in [2.24, 2.45) is 0 Å². The molecular weight excluding hydrogens is 347 g/mol. The van der Waals surface area contributed by atoms with Crippen molar-refractivity contribution in [3.05, 3.63) is 53.6 Å². The molecule has 2 N–H and O–H groups in total. The van der Waals surface area contributed by atoms with E-state index in [1.165, 1.54) is 30.3 Å². The third-order valence-electron chi connectivity index (χ3n) is 3.42. The van der Waals surface area contributed by atoms with Gasteiger partial charge in [0, 0.05) is 16.8 Å². The average Bonchev–Trinajstić information content (AvgIpc) is 2.52. The molecule has 26 heavy (non-hydrogen) atoms. The van der Waals surface area contributed by atoms with Crippen LogP contribution >= 0.6 is 0 Å². The molecule has 2 aromatic rings. The van der Waals surface area contributed by atoms with Crippen molar-refractivity contribution in [2.75, 3.05) is 5.32 Å². The molecule has 0 aliphatic rings. The highest BCUT2D eigenvalue weighted by atomic mass is 19.4. The number of benzene rings is 2. The Morgan fingerprint density at radius 2 is 1.81 bits per heavy atom. The molecule has 0 fully saturated rings. The van der Waals surface area contributed by atoms with Crippen molar-refractivity contribution in [3.63, 3.8) is 0 Å². The summed E-state index contributed by atoms with van der Waals surface area (Å²) < 4.78 is 44.3. The van der Waals surface area contributed by atoms with Crippen molar-refractivity contribution in [3.8, 4) is 11.1 Å². The number of hydrogen-bond acceptors (Lipinski definition) is 4. The fourth-order valence-electron chi connectivity index (χ4n) is 2.36. The van der Waals surface area contributed by atoms with E-state index in [1.807, 2.05) is 0 Å². The minimum atomic E-state index is -4.49. The van der Waals surface area contributed by atoms with Crippen molar-refractivity contribution >= 4 is 12.0 Å². The fraction of sp³-hybridized carbons (Fsp3) is 0.316. The molecule has 0 spiro atoms. The molecule has 0 saturated heterocycles. The van der Waals surface area contributed by atoms with E-state index in [0.717, 1.165) is 12.1 Å². The predicted molar refractivity (Wildman–Crippen MR) is 92.7 cm³/mol. The lowest BCUT2D eigenvalue weighted by molar-refractivity contribution is -0.148. The first-order chi connectivity index (χ1) is 12.0.